The standard InChI is InChI=1S/C21H25N3O2S/c1-15(2)16-6-5-7-18(12-16)23-19(25)14-27-20-9-8-17(13-22-20)21(26)24-10-3-4-11-24/h5-9,12-13,15H,3-4,10-11,14H2,1-2H3,(H,23,25). The fourth-order valence-electron chi connectivity index (χ4n) is 3.01. The van der Waals surface area contributed by atoms with Crippen molar-refractivity contribution < 1.29 is 9.59 Å². The van der Waals surface area contributed by atoms with Crippen molar-refractivity contribution >= 4 is 29.3 Å². The monoisotopic (exact) mass is 383 g/mol. The highest BCUT2D eigenvalue weighted by Crippen LogP contribution is 2.20. The summed E-state index contributed by atoms with van der Waals surface area (Å²) in [7, 11) is 0. The highest BCUT2D eigenvalue weighted by molar-refractivity contribution is 7.99. The van der Waals surface area contributed by atoms with Gasteiger partial charge in [-0.15, -0.1) is 0 Å². The van der Waals surface area contributed by atoms with E-state index in [-0.39, 0.29) is 17.6 Å². The minimum absolute atomic E-state index is 0.0410. The summed E-state index contributed by atoms with van der Waals surface area (Å²) in [4.78, 5) is 30.7. The molecule has 6 heteroatoms. The third-order valence-corrected chi connectivity index (χ3v) is 5.51. The molecule has 5 nitrogen and oxygen atoms in total. The molecule has 1 aromatic carbocycles. The Morgan fingerprint density at radius 2 is 1.96 bits per heavy atom. The number of anilines is 1. The lowest BCUT2D eigenvalue weighted by Gasteiger charge is -2.14. The Bertz CT molecular complexity index is 799. The molecule has 1 N–H and O–H groups in total. The van der Waals surface area contributed by atoms with Crippen molar-refractivity contribution in [2.24, 2.45) is 0 Å². The molecule has 0 bridgehead atoms. The number of nitrogens with zero attached hydrogens (tertiary/aromatic N) is 2. The van der Waals surface area contributed by atoms with E-state index >= 15 is 0 Å². The van der Waals surface area contributed by atoms with Crippen molar-refractivity contribution in [2.75, 3.05) is 24.2 Å². The van der Waals surface area contributed by atoms with Crippen LogP contribution in [0.15, 0.2) is 47.6 Å². The van der Waals surface area contributed by atoms with Gasteiger partial charge in [-0.05, 0) is 48.6 Å². The maximum Gasteiger partial charge on any atom is 0.255 e. The number of nitrogens with one attached hydrogen (secondary N) is 1. The van der Waals surface area contributed by atoms with Gasteiger partial charge in [0.05, 0.1) is 16.3 Å². The van der Waals surface area contributed by atoms with E-state index in [1.165, 1.54) is 17.3 Å². The highest BCUT2D eigenvalue weighted by atomic mass is 32.2. The molecule has 3 rings (SSSR count). The first kappa shape index (κ1) is 19.4. The van der Waals surface area contributed by atoms with Gasteiger partial charge >= 0.3 is 0 Å². The Kier molecular flexibility index (Phi) is 6.50. The van der Waals surface area contributed by atoms with Crippen molar-refractivity contribution in [1.82, 2.24) is 9.88 Å². The number of hydrogen-bond donors (Lipinski definition) is 1. The summed E-state index contributed by atoms with van der Waals surface area (Å²) in [6, 6.07) is 11.5. The Balaban J connectivity index is 1.51. The molecular weight excluding hydrogens is 358 g/mol. The Hall–Kier alpha value is -2.34. The number of benzene rings is 1. The van der Waals surface area contributed by atoms with Gasteiger partial charge in [-0.1, -0.05) is 37.7 Å². The van der Waals surface area contributed by atoms with E-state index in [1.807, 2.05) is 23.1 Å². The predicted octanol–water partition coefficient (Wildman–Crippen LogP) is 4.17. The van der Waals surface area contributed by atoms with Crippen LogP contribution in [0.1, 0.15) is 48.5 Å². The number of pyridine rings is 1. The molecule has 0 spiro atoms. The summed E-state index contributed by atoms with van der Waals surface area (Å²) in [6.07, 6.45) is 3.75. The van der Waals surface area contributed by atoms with E-state index in [2.05, 4.69) is 30.2 Å². The summed E-state index contributed by atoms with van der Waals surface area (Å²) in [6.45, 7) is 5.90. The second-order valence-corrected chi connectivity index (χ2v) is 8.00. The highest BCUT2D eigenvalue weighted by Gasteiger charge is 2.19. The van der Waals surface area contributed by atoms with Gasteiger partial charge in [-0.3, -0.25) is 9.59 Å². The van der Waals surface area contributed by atoms with Gasteiger partial charge in [0.2, 0.25) is 5.91 Å². The van der Waals surface area contributed by atoms with Gasteiger partial charge < -0.3 is 10.2 Å². The van der Waals surface area contributed by atoms with Crippen LogP contribution in [0.5, 0.6) is 0 Å². The molecule has 2 amide bonds. The molecule has 2 heterocycles. The number of amides is 2. The van der Waals surface area contributed by atoms with Crippen molar-refractivity contribution in [2.45, 2.75) is 37.6 Å². The molecule has 1 aliphatic rings. The minimum Gasteiger partial charge on any atom is -0.339 e. The molecule has 0 aliphatic carbocycles. The van der Waals surface area contributed by atoms with Crippen LogP contribution in [0.25, 0.3) is 0 Å². The molecule has 0 radical (unpaired) electrons. The van der Waals surface area contributed by atoms with Crippen LogP contribution in [-0.2, 0) is 4.79 Å². The third-order valence-electron chi connectivity index (χ3n) is 4.56. The number of aromatic nitrogens is 1. The quantitative estimate of drug-likeness (QED) is 0.761. The first-order valence-corrected chi connectivity index (χ1v) is 10.3. The smallest absolute Gasteiger partial charge is 0.255 e. The van der Waals surface area contributed by atoms with Crippen LogP contribution < -0.4 is 5.32 Å². The average Bonchev–Trinajstić information content (AvgIpc) is 3.21. The van der Waals surface area contributed by atoms with Crippen molar-refractivity contribution in [1.29, 1.82) is 0 Å². The molecule has 0 atom stereocenters. The molecular formula is C21H25N3O2S. The van der Waals surface area contributed by atoms with Crippen molar-refractivity contribution in [3.05, 3.63) is 53.7 Å². The van der Waals surface area contributed by atoms with Gasteiger partial charge in [0.15, 0.2) is 0 Å². The van der Waals surface area contributed by atoms with E-state index in [0.29, 0.717) is 11.5 Å². The summed E-state index contributed by atoms with van der Waals surface area (Å²) in [5, 5.41) is 3.66. The molecule has 0 saturated carbocycles. The average molecular weight is 384 g/mol. The summed E-state index contributed by atoms with van der Waals surface area (Å²) >= 11 is 1.36. The van der Waals surface area contributed by atoms with Gasteiger partial charge in [0.25, 0.3) is 5.91 Å². The minimum atomic E-state index is -0.0695. The maximum absolute atomic E-state index is 12.3. The summed E-state index contributed by atoms with van der Waals surface area (Å²) in [5.41, 5.74) is 2.61. The molecule has 27 heavy (non-hydrogen) atoms. The summed E-state index contributed by atoms with van der Waals surface area (Å²) in [5.74, 6) is 0.666. The van der Waals surface area contributed by atoms with Crippen LogP contribution in [0.3, 0.4) is 0 Å². The SMILES string of the molecule is CC(C)c1cccc(NC(=O)CSc2ccc(C(=O)N3CCCC3)cn2)c1. The van der Waals surface area contributed by atoms with E-state index in [0.717, 1.165) is 36.6 Å². The number of rotatable bonds is 6. The lowest BCUT2D eigenvalue weighted by Crippen LogP contribution is -2.27. The Labute approximate surface area is 164 Å². The van der Waals surface area contributed by atoms with Gasteiger partial charge in [0, 0.05) is 25.0 Å². The molecule has 1 saturated heterocycles. The van der Waals surface area contributed by atoms with Gasteiger partial charge in [0.1, 0.15) is 0 Å². The number of carbonyl (C=O) groups is 2. The van der Waals surface area contributed by atoms with E-state index < -0.39 is 0 Å². The first-order valence-electron chi connectivity index (χ1n) is 9.31. The lowest BCUT2D eigenvalue weighted by molar-refractivity contribution is -0.113. The van der Waals surface area contributed by atoms with Crippen LogP contribution >= 0.6 is 11.8 Å². The Morgan fingerprint density at radius 1 is 1.19 bits per heavy atom. The second kappa shape index (κ2) is 9.04. The van der Waals surface area contributed by atoms with Crippen LogP contribution in [-0.4, -0.2) is 40.5 Å². The normalized spacial score (nSPS) is 13.8. The number of hydrogen-bond acceptors (Lipinski definition) is 4. The molecule has 1 aromatic heterocycles. The molecule has 1 fully saturated rings. The topological polar surface area (TPSA) is 62.3 Å². The largest absolute Gasteiger partial charge is 0.339 e. The summed E-state index contributed by atoms with van der Waals surface area (Å²) < 4.78 is 0. The zero-order chi connectivity index (χ0) is 19.2. The fraction of sp³-hybridized carbons (Fsp3) is 0.381. The van der Waals surface area contributed by atoms with Crippen LogP contribution in [0, 0.1) is 0 Å². The second-order valence-electron chi connectivity index (χ2n) is 7.00. The first-order chi connectivity index (χ1) is 13.0. The molecule has 142 valence electrons. The van der Waals surface area contributed by atoms with Crippen molar-refractivity contribution in [3.63, 3.8) is 0 Å². The maximum atomic E-state index is 12.3. The fourth-order valence-corrected chi connectivity index (χ4v) is 3.65. The Morgan fingerprint density at radius 3 is 2.63 bits per heavy atom. The lowest BCUT2D eigenvalue weighted by atomic mass is 10.0. The molecule has 0 unspecified atom stereocenters. The van der Waals surface area contributed by atoms with Gasteiger partial charge in [-0.25, -0.2) is 4.98 Å². The molecule has 1 aliphatic heterocycles. The zero-order valence-corrected chi connectivity index (χ0v) is 16.6. The van der Waals surface area contributed by atoms with Gasteiger partial charge in [-0.2, -0.15) is 0 Å². The molecule has 2 aromatic rings. The zero-order valence-electron chi connectivity index (χ0n) is 15.8. The number of carbonyl (C=O) groups excluding carboxylic acids is 2. The third kappa shape index (κ3) is 5.32. The van der Waals surface area contributed by atoms with Crippen LogP contribution in [0.2, 0.25) is 0 Å². The van der Waals surface area contributed by atoms with Crippen LogP contribution in [0.4, 0.5) is 5.69 Å². The van der Waals surface area contributed by atoms with E-state index in [4.69, 9.17) is 0 Å². The number of likely N-dealkylation sites (tertiary alicyclic amines) is 1. The number of thioether (sulfide) groups is 1. The van der Waals surface area contributed by atoms with E-state index in [1.54, 1.807) is 18.3 Å². The van der Waals surface area contributed by atoms with E-state index in [9.17, 15) is 9.59 Å². The predicted molar refractivity (Wildman–Crippen MR) is 109 cm³/mol. The van der Waals surface area contributed by atoms with Crippen molar-refractivity contribution in [3.8, 4) is 0 Å².